The number of aromatic amines is 1. The second-order valence-corrected chi connectivity index (χ2v) is 5.75. The van der Waals surface area contributed by atoms with E-state index in [1.807, 2.05) is 17.8 Å². The van der Waals surface area contributed by atoms with Gasteiger partial charge in [-0.05, 0) is 17.7 Å². The van der Waals surface area contributed by atoms with Gasteiger partial charge in [0.25, 0.3) is 0 Å². The molecule has 1 unspecified atom stereocenters. The largest absolute Gasteiger partial charge is 0.368 e. The molecule has 1 atom stereocenters. The zero-order valence-electron chi connectivity index (χ0n) is 12.6. The van der Waals surface area contributed by atoms with E-state index in [2.05, 4.69) is 44.3 Å². The standard InChI is InChI=1S/C16H19N5O/c1-20-11-18-19-16(20)15-10-21(7-8-22-15)9-12-3-2-4-14-13(12)5-6-17-14/h2-6,11,15,17H,7-10H2,1H3. The van der Waals surface area contributed by atoms with Crippen molar-refractivity contribution in [2.24, 2.45) is 7.05 Å². The average Bonchev–Trinajstić information content (AvgIpc) is 3.17. The number of nitrogens with zero attached hydrogens (tertiary/aromatic N) is 4. The Balaban J connectivity index is 1.53. The van der Waals surface area contributed by atoms with E-state index in [-0.39, 0.29) is 6.10 Å². The van der Waals surface area contributed by atoms with E-state index >= 15 is 0 Å². The second-order valence-electron chi connectivity index (χ2n) is 5.75. The van der Waals surface area contributed by atoms with E-state index in [1.54, 1.807) is 6.33 Å². The van der Waals surface area contributed by atoms with Crippen LogP contribution in [0.5, 0.6) is 0 Å². The summed E-state index contributed by atoms with van der Waals surface area (Å²) in [6, 6.07) is 8.56. The zero-order chi connectivity index (χ0) is 14.9. The fourth-order valence-corrected chi connectivity index (χ4v) is 3.12. The van der Waals surface area contributed by atoms with Gasteiger partial charge >= 0.3 is 0 Å². The highest BCUT2D eigenvalue weighted by atomic mass is 16.5. The lowest BCUT2D eigenvalue weighted by Crippen LogP contribution is -2.38. The Bertz CT molecular complexity index is 778. The SMILES string of the molecule is Cn1cnnc1C1CN(Cc2cccc3[nH]ccc23)CCO1. The third-order valence-corrected chi connectivity index (χ3v) is 4.26. The molecule has 0 spiro atoms. The molecular formula is C16H19N5O. The van der Waals surface area contributed by atoms with Gasteiger partial charge in [0.1, 0.15) is 12.4 Å². The topological polar surface area (TPSA) is 59.0 Å². The summed E-state index contributed by atoms with van der Waals surface area (Å²) in [7, 11) is 1.96. The maximum absolute atomic E-state index is 5.87. The summed E-state index contributed by atoms with van der Waals surface area (Å²) in [5.41, 5.74) is 2.54. The van der Waals surface area contributed by atoms with Gasteiger partial charge < -0.3 is 14.3 Å². The van der Waals surface area contributed by atoms with Crippen LogP contribution in [0.15, 0.2) is 36.8 Å². The maximum Gasteiger partial charge on any atom is 0.163 e. The molecule has 0 saturated carbocycles. The van der Waals surface area contributed by atoms with E-state index in [9.17, 15) is 0 Å². The van der Waals surface area contributed by atoms with Gasteiger partial charge in [0.15, 0.2) is 5.82 Å². The van der Waals surface area contributed by atoms with Crippen LogP contribution in [0.4, 0.5) is 0 Å². The lowest BCUT2D eigenvalue weighted by molar-refractivity contribution is -0.0384. The molecule has 1 N–H and O–H groups in total. The summed E-state index contributed by atoms with van der Waals surface area (Å²) in [5.74, 6) is 0.893. The minimum atomic E-state index is -0.00771. The van der Waals surface area contributed by atoms with Gasteiger partial charge in [-0.1, -0.05) is 12.1 Å². The van der Waals surface area contributed by atoms with Gasteiger partial charge in [-0.15, -0.1) is 10.2 Å². The Kier molecular flexibility index (Phi) is 3.40. The van der Waals surface area contributed by atoms with Crippen LogP contribution >= 0.6 is 0 Å². The number of aromatic nitrogens is 4. The Morgan fingerprint density at radius 3 is 3.18 bits per heavy atom. The molecule has 6 nitrogen and oxygen atoms in total. The summed E-state index contributed by atoms with van der Waals surface area (Å²) in [4.78, 5) is 5.69. The number of benzene rings is 1. The third-order valence-electron chi connectivity index (χ3n) is 4.26. The number of H-pyrrole nitrogens is 1. The first kappa shape index (κ1) is 13.5. The van der Waals surface area contributed by atoms with Crippen LogP contribution in [-0.4, -0.2) is 44.3 Å². The Hall–Kier alpha value is -2.18. The first-order chi connectivity index (χ1) is 10.8. The molecule has 1 saturated heterocycles. The fourth-order valence-electron chi connectivity index (χ4n) is 3.12. The van der Waals surface area contributed by atoms with Crippen molar-refractivity contribution < 1.29 is 4.74 Å². The van der Waals surface area contributed by atoms with Crippen LogP contribution in [-0.2, 0) is 18.3 Å². The predicted octanol–water partition coefficient (Wildman–Crippen LogP) is 1.87. The van der Waals surface area contributed by atoms with Gasteiger partial charge in [-0.3, -0.25) is 4.90 Å². The van der Waals surface area contributed by atoms with Crippen LogP contribution in [0.2, 0.25) is 0 Å². The molecule has 114 valence electrons. The molecule has 22 heavy (non-hydrogen) atoms. The van der Waals surface area contributed by atoms with E-state index < -0.39 is 0 Å². The monoisotopic (exact) mass is 297 g/mol. The molecule has 1 aliphatic rings. The minimum Gasteiger partial charge on any atom is -0.368 e. The van der Waals surface area contributed by atoms with Gasteiger partial charge in [0, 0.05) is 43.8 Å². The summed E-state index contributed by atoms with van der Waals surface area (Å²) in [5, 5.41) is 9.42. The summed E-state index contributed by atoms with van der Waals surface area (Å²) in [6.07, 6.45) is 3.71. The molecular weight excluding hydrogens is 278 g/mol. The third kappa shape index (κ3) is 2.40. The van der Waals surface area contributed by atoms with Crippen molar-refractivity contribution in [2.45, 2.75) is 12.6 Å². The molecule has 0 aliphatic carbocycles. The highest BCUT2D eigenvalue weighted by Crippen LogP contribution is 2.24. The fraction of sp³-hybridized carbons (Fsp3) is 0.375. The van der Waals surface area contributed by atoms with Gasteiger partial charge in [-0.2, -0.15) is 0 Å². The number of aryl methyl sites for hydroxylation is 1. The average molecular weight is 297 g/mol. The zero-order valence-corrected chi connectivity index (χ0v) is 12.6. The molecule has 0 radical (unpaired) electrons. The Labute approximate surface area is 128 Å². The summed E-state index contributed by atoms with van der Waals surface area (Å²) < 4.78 is 7.80. The van der Waals surface area contributed by atoms with Gasteiger partial charge in [-0.25, -0.2) is 0 Å². The molecule has 6 heteroatoms. The number of hydrogen-bond acceptors (Lipinski definition) is 4. The van der Waals surface area contributed by atoms with Crippen molar-refractivity contribution in [3.05, 3.63) is 48.2 Å². The van der Waals surface area contributed by atoms with Crippen LogP contribution in [0, 0.1) is 0 Å². The molecule has 3 aromatic rings. The molecule has 4 rings (SSSR count). The van der Waals surface area contributed by atoms with Crippen molar-refractivity contribution in [3.8, 4) is 0 Å². The second kappa shape index (κ2) is 5.55. The number of hydrogen-bond donors (Lipinski definition) is 1. The van der Waals surface area contributed by atoms with Crippen molar-refractivity contribution in [3.63, 3.8) is 0 Å². The molecule has 1 fully saturated rings. The highest BCUT2D eigenvalue weighted by Gasteiger charge is 2.25. The lowest BCUT2D eigenvalue weighted by atomic mass is 10.1. The molecule has 0 bridgehead atoms. The summed E-state index contributed by atoms with van der Waals surface area (Å²) in [6.45, 7) is 3.43. The normalized spacial score (nSPS) is 19.8. The van der Waals surface area contributed by atoms with Crippen molar-refractivity contribution >= 4 is 10.9 Å². The maximum atomic E-state index is 5.87. The summed E-state index contributed by atoms with van der Waals surface area (Å²) >= 11 is 0. The molecule has 2 aromatic heterocycles. The predicted molar refractivity (Wildman–Crippen MR) is 83.3 cm³/mol. The van der Waals surface area contributed by atoms with Gasteiger partial charge in [0.05, 0.1) is 6.61 Å². The van der Waals surface area contributed by atoms with Crippen LogP contribution < -0.4 is 0 Å². The minimum absolute atomic E-state index is 0.00771. The number of ether oxygens (including phenoxy) is 1. The van der Waals surface area contributed by atoms with E-state index in [0.717, 1.165) is 32.1 Å². The first-order valence-electron chi connectivity index (χ1n) is 7.54. The van der Waals surface area contributed by atoms with Crippen molar-refractivity contribution in [2.75, 3.05) is 19.7 Å². The number of fused-ring (bicyclic) bond motifs is 1. The van der Waals surface area contributed by atoms with Gasteiger partial charge in [0.2, 0.25) is 0 Å². The molecule has 1 aromatic carbocycles. The number of rotatable bonds is 3. The van der Waals surface area contributed by atoms with E-state index in [4.69, 9.17) is 4.74 Å². The molecule has 0 amide bonds. The van der Waals surface area contributed by atoms with Crippen LogP contribution in [0.25, 0.3) is 10.9 Å². The lowest BCUT2D eigenvalue weighted by Gasteiger charge is -2.32. The molecule has 3 heterocycles. The number of morpholine rings is 1. The van der Waals surface area contributed by atoms with Crippen molar-refractivity contribution in [1.82, 2.24) is 24.6 Å². The van der Waals surface area contributed by atoms with E-state index in [0.29, 0.717) is 0 Å². The smallest absolute Gasteiger partial charge is 0.163 e. The van der Waals surface area contributed by atoms with Crippen molar-refractivity contribution in [1.29, 1.82) is 0 Å². The highest BCUT2D eigenvalue weighted by molar-refractivity contribution is 5.82. The quantitative estimate of drug-likeness (QED) is 0.802. The number of nitrogens with one attached hydrogen (secondary N) is 1. The molecule has 1 aliphatic heterocycles. The Morgan fingerprint density at radius 1 is 1.36 bits per heavy atom. The van der Waals surface area contributed by atoms with Crippen LogP contribution in [0.1, 0.15) is 17.5 Å². The Morgan fingerprint density at radius 2 is 2.32 bits per heavy atom. The first-order valence-corrected chi connectivity index (χ1v) is 7.54. The van der Waals surface area contributed by atoms with Crippen LogP contribution in [0.3, 0.4) is 0 Å². The van der Waals surface area contributed by atoms with E-state index in [1.165, 1.54) is 16.5 Å².